The standard InChI is InChI=1S/C22H23N3O3/c1-25(17-8-4-3-5-9-17)19-11-7-6-10-18(19)24-22(27)23-15-16-12-13-21(28-2)20(26)14-16/h3-14,26H,15H2,1-2H3,(H2,23,24,27). The van der Waals surface area contributed by atoms with Gasteiger partial charge in [-0.05, 0) is 42.0 Å². The fourth-order valence-corrected chi connectivity index (χ4v) is 2.86. The number of benzene rings is 3. The Kier molecular flexibility index (Phi) is 6.01. The number of anilines is 3. The van der Waals surface area contributed by atoms with E-state index >= 15 is 0 Å². The number of phenolic OH excluding ortho intramolecular Hbond substituents is 1. The maximum absolute atomic E-state index is 12.4. The number of para-hydroxylation sites is 3. The van der Waals surface area contributed by atoms with E-state index in [0.717, 1.165) is 16.9 Å². The number of hydrogen-bond donors (Lipinski definition) is 3. The summed E-state index contributed by atoms with van der Waals surface area (Å²) < 4.78 is 5.02. The van der Waals surface area contributed by atoms with E-state index in [9.17, 15) is 9.90 Å². The molecule has 0 unspecified atom stereocenters. The summed E-state index contributed by atoms with van der Waals surface area (Å²) in [6.07, 6.45) is 0. The maximum Gasteiger partial charge on any atom is 0.319 e. The molecule has 2 amide bonds. The van der Waals surface area contributed by atoms with Crippen molar-refractivity contribution in [1.29, 1.82) is 0 Å². The van der Waals surface area contributed by atoms with Crippen molar-refractivity contribution in [2.45, 2.75) is 6.54 Å². The molecular weight excluding hydrogens is 354 g/mol. The lowest BCUT2D eigenvalue weighted by Gasteiger charge is -2.22. The summed E-state index contributed by atoms with van der Waals surface area (Å²) in [7, 11) is 3.44. The van der Waals surface area contributed by atoms with Crippen molar-refractivity contribution < 1.29 is 14.6 Å². The summed E-state index contributed by atoms with van der Waals surface area (Å²) in [5, 5.41) is 15.5. The van der Waals surface area contributed by atoms with Crippen LogP contribution in [0, 0.1) is 0 Å². The minimum absolute atomic E-state index is 0.0389. The number of rotatable bonds is 6. The molecule has 3 N–H and O–H groups in total. The molecule has 6 heteroatoms. The van der Waals surface area contributed by atoms with E-state index in [1.54, 1.807) is 18.2 Å². The van der Waals surface area contributed by atoms with Crippen LogP contribution in [0.3, 0.4) is 0 Å². The molecule has 0 spiro atoms. The average molecular weight is 377 g/mol. The van der Waals surface area contributed by atoms with Gasteiger partial charge >= 0.3 is 6.03 Å². The van der Waals surface area contributed by atoms with Crippen molar-refractivity contribution in [3.63, 3.8) is 0 Å². The van der Waals surface area contributed by atoms with Crippen LogP contribution in [-0.2, 0) is 6.54 Å². The largest absolute Gasteiger partial charge is 0.504 e. The highest BCUT2D eigenvalue weighted by atomic mass is 16.5. The van der Waals surface area contributed by atoms with Gasteiger partial charge < -0.3 is 25.4 Å². The Hall–Kier alpha value is -3.67. The number of nitrogens with one attached hydrogen (secondary N) is 2. The van der Waals surface area contributed by atoms with Crippen molar-refractivity contribution in [3.05, 3.63) is 78.4 Å². The second-order valence-corrected chi connectivity index (χ2v) is 6.23. The Bertz CT molecular complexity index is 945. The Morgan fingerprint density at radius 2 is 1.75 bits per heavy atom. The summed E-state index contributed by atoms with van der Waals surface area (Å²) in [5.74, 6) is 0.433. The van der Waals surface area contributed by atoms with Gasteiger partial charge in [-0.3, -0.25) is 0 Å². The molecule has 28 heavy (non-hydrogen) atoms. The number of methoxy groups -OCH3 is 1. The highest BCUT2D eigenvalue weighted by molar-refractivity contribution is 5.94. The fraction of sp³-hybridized carbons (Fsp3) is 0.136. The first-order valence-electron chi connectivity index (χ1n) is 8.87. The van der Waals surface area contributed by atoms with E-state index in [1.807, 2.05) is 66.5 Å². The number of aromatic hydroxyl groups is 1. The summed E-state index contributed by atoms with van der Waals surface area (Å²) >= 11 is 0. The molecule has 0 saturated carbocycles. The van der Waals surface area contributed by atoms with Crippen LogP contribution >= 0.6 is 0 Å². The van der Waals surface area contributed by atoms with E-state index in [2.05, 4.69) is 10.6 Å². The van der Waals surface area contributed by atoms with Gasteiger partial charge in [0.2, 0.25) is 0 Å². The first-order chi connectivity index (χ1) is 13.6. The number of nitrogens with zero attached hydrogens (tertiary/aromatic N) is 1. The molecule has 0 aliphatic heterocycles. The summed E-state index contributed by atoms with van der Waals surface area (Å²) in [4.78, 5) is 14.4. The first kappa shape index (κ1) is 19.1. The molecule has 3 aromatic carbocycles. The van der Waals surface area contributed by atoms with Crippen LogP contribution in [-0.4, -0.2) is 25.3 Å². The Balaban J connectivity index is 1.67. The second-order valence-electron chi connectivity index (χ2n) is 6.23. The van der Waals surface area contributed by atoms with Gasteiger partial charge in [-0.25, -0.2) is 4.79 Å². The van der Waals surface area contributed by atoms with Gasteiger partial charge in [0.1, 0.15) is 0 Å². The molecule has 0 radical (unpaired) electrons. The van der Waals surface area contributed by atoms with Crippen LogP contribution in [0.25, 0.3) is 0 Å². The molecule has 0 atom stereocenters. The van der Waals surface area contributed by atoms with Crippen LogP contribution in [0.2, 0.25) is 0 Å². The van der Waals surface area contributed by atoms with Gasteiger partial charge in [-0.1, -0.05) is 36.4 Å². The predicted molar refractivity (Wildman–Crippen MR) is 111 cm³/mol. The average Bonchev–Trinajstić information content (AvgIpc) is 2.73. The highest BCUT2D eigenvalue weighted by Crippen LogP contribution is 2.30. The number of phenols is 1. The molecule has 0 heterocycles. The third-order valence-electron chi connectivity index (χ3n) is 4.35. The number of hydrogen-bond acceptors (Lipinski definition) is 4. The normalized spacial score (nSPS) is 10.2. The van der Waals surface area contributed by atoms with Gasteiger partial charge in [0.05, 0.1) is 18.5 Å². The van der Waals surface area contributed by atoms with Crippen molar-refractivity contribution in [3.8, 4) is 11.5 Å². The zero-order valence-corrected chi connectivity index (χ0v) is 15.8. The van der Waals surface area contributed by atoms with Gasteiger partial charge in [0, 0.05) is 19.3 Å². The quantitative estimate of drug-likeness (QED) is 0.592. The molecular formula is C22H23N3O3. The summed E-state index contributed by atoms with van der Waals surface area (Å²) in [6, 6.07) is 22.2. The van der Waals surface area contributed by atoms with E-state index in [-0.39, 0.29) is 18.3 Å². The van der Waals surface area contributed by atoms with Crippen LogP contribution in [0.5, 0.6) is 11.5 Å². The molecule has 144 valence electrons. The zero-order valence-electron chi connectivity index (χ0n) is 15.8. The molecule has 3 rings (SSSR count). The van der Waals surface area contributed by atoms with Crippen molar-refractivity contribution in [2.75, 3.05) is 24.4 Å². The molecule has 0 bridgehead atoms. The smallest absolute Gasteiger partial charge is 0.319 e. The van der Waals surface area contributed by atoms with Gasteiger partial charge in [-0.2, -0.15) is 0 Å². The minimum Gasteiger partial charge on any atom is -0.504 e. The van der Waals surface area contributed by atoms with Crippen molar-refractivity contribution >= 4 is 23.1 Å². The summed E-state index contributed by atoms with van der Waals surface area (Å²) in [5.41, 5.74) is 3.36. The van der Waals surface area contributed by atoms with E-state index in [1.165, 1.54) is 7.11 Å². The molecule has 3 aromatic rings. The molecule has 0 saturated heterocycles. The Labute approximate surface area is 164 Å². The van der Waals surface area contributed by atoms with E-state index in [0.29, 0.717) is 11.4 Å². The van der Waals surface area contributed by atoms with Gasteiger partial charge in [-0.15, -0.1) is 0 Å². The molecule has 0 aliphatic rings. The summed E-state index contributed by atoms with van der Waals surface area (Å²) in [6.45, 7) is 0.278. The monoisotopic (exact) mass is 377 g/mol. The number of amides is 2. The molecule has 0 fully saturated rings. The Morgan fingerprint density at radius 3 is 2.46 bits per heavy atom. The third kappa shape index (κ3) is 4.54. The maximum atomic E-state index is 12.4. The number of carbonyl (C=O) groups is 1. The lowest BCUT2D eigenvalue weighted by Crippen LogP contribution is -2.28. The number of ether oxygens (including phenoxy) is 1. The topological polar surface area (TPSA) is 73.8 Å². The van der Waals surface area contributed by atoms with Crippen LogP contribution in [0.15, 0.2) is 72.8 Å². The molecule has 6 nitrogen and oxygen atoms in total. The molecule has 0 aliphatic carbocycles. The fourth-order valence-electron chi connectivity index (χ4n) is 2.86. The van der Waals surface area contributed by atoms with Crippen LogP contribution in [0.1, 0.15) is 5.56 Å². The third-order valence-corrected chi connectivity index (χ3v) is 4.35. The number of urea groups is 1. The molecule has 0 aromatic heterocycles. The van der Waals surface area contributed by atoms with E-state index < -0.39 is 0 Å². The van der Waals surface area contributed by atoms with E-state index in [4.69, 9.17) is 4.74 Å². The van der Waals surface area contributed by atoms with Crippen LogP contribution in [0.4, 0.5) is 21.9 Å². The zero-order chi connectivity index (χ0) is 19.9. The Morgan fingerprint density at radius 1 is 1.04 bits per heavy atom. The second kappa shape index (κ2) is 8.81. The van der Waals surface area contributed by atoms with Gasteiger partial charge in [0.15, 0.2) is 11.5 Å². The van der Waals surface area contributed by atoms with Crippen LogP contribution < -0.4 is 20.3 Å². The predicted octanol–water partition coefficient (Wildman–Crippen LogP) is 4.49. The first-order valence-corrected chi connectivity index (χ1v) is 8.87. The van der Waals surface area contributed by atoms with Crippen molar-refractivity contribution in [2.24, 2.45) is 0 Å². The lowest BCUT2D eigenvalue weighted by molar-refractivity contribution is 0.251. The number of carbonyl (C=O) groups excluding carboxylic acids is 1. The highest BCUT2D eigenvalue weighted by Gasteiger charge is 2.11. The van der Waals surface area contributed by atoms with Gasteiger partial charge in [0.25, 0.3) is 0 Å². The minimum atomic E-state index is -0.329. The SMILES string of the molecule is COc1ccc(CNC(=O)Nc2ccccc2N(C)c2ccccc2)cc1O. The van der Waals surface area contributed by atoms with Crippen molar-refractivity contribution in [1.82, 2.24) is 5.32 Å². The lowest BCUT2D eigenvalue weighted by atomic mass is 10.2.